The molecule has 3 aromatic rings. The number of pyridine rings is 1. The number of amides is 1. The normalized spacial score (nSPS) is 22.4. The molecule has 2 fully saturated rings. The van der Waals surface area contributed by atoms with Crippen molar-refractivity contribution in [3.63, 3.8) is 0 Å². The second kappa shape index (κ2) is 8.12. The van der Waals surface area contributed by atoms with E-state index in [2.05, 4.69) is 33.7 Å². The van der Waals surface area contributed by atoms with E-state index in [1.165, 1.54) is 24.0 Å². The zero-order valence-corrected chi connectivity index (χ0v) is 18.4. The summed E-state index contributed by atoms with van der Waals surface area (Å²) in [6, 6.07) is 12.4. The highest BCUT2D eigenvalue weighted by molar-refractivity contribution is 5.93. The minimum absolute atomic E-state index is 0.0403. The number of benzene rings is 1. The third kappa shape index (κ3) is 3.87. The lowest BCUT2D eigenvalue weighted by atomic mass is 9.75. The van der Waals surface area contributed by atoms with Gasteiger partial charge in [0.1, 0.15) is 0 Å². The molecule has 2 aliphatic carbocycles. The summed E-state index contributed by atoms with van der Waals surface area (Å²) in [5.74, 6) is 1.41. The smallest absolute Gasteiger partial charge is 0.253 e. The molecule has 1 N–H and O–H groups in total. The van der Waals surface area contributed by atoms with Crippen molar-refractivity contribution in [2.24, 2.45) is 5.92 Å². The molecule has 0 spiro atoms. The average Bonchev–Trinajstić information content (AvgIpc) is 3.54. The molecular weight excluding hydrogens is 386 g/mol. The highest BCUT2D eigenvalue weighted by Crippen LogP contribution is 2.47. The second-order valence-corrected chi connectivity index (χ2v) is 9.51. The van der Waals surface area contributed by atoms with Crippen molar-refractivity contribution in [3.8, 4) is 0 Å². The van der Waals surface area contributed by atoms with Gasteiger partial charge in [0.15, 0.2) is 0 Å². The lowest BCUT2D eigenvalue weighted by Gasteiger charge is -2.33. The predicted molar refractivity (Wildman–Crippen MR) is 121 cm³/mol. The lowest BCUT2D eigenvalue weighted by molar-refractivity contribution is 0.0754. The van der Waals surface area contributed by atoms with Gasteiger partial charge in [-0.05, 0) is 85.6 Å². The van der Waals surface area contributed by atoms with Gasteiger partial charge < -0.3 is 14.4 Å². The molecule has 0 unspecified atom stereocenters. The number of aliphatic hydroxyl groups is 1. The van der Waals surface area contributed by atoms with Crippen LogP contribution < -0.4 is 0 Å². The van der Waals surface area contributed by atoms with Crippen molar-refractivity contribution < 1.29 is 9.90 Å². The molecule has 2 aromatic heterocycles. The van der Waals surface area contributed by atoms with E-state index in [1.807, 2.05) is 24.7 Å². The van der Waals surface area contributed by atoms with Gasteiger partial charge in [0, 0.05) is 19.7 Å². The maximum absolute atomic E-state index is 12.1. The fourth-order valence-corrected chi connectivity index (χ4v) is 5.23. The summed E-state index contributed by atoms with van der Waals surface area (Å²) < 4.78 is 2.10. The first kappa shape index (κ1) is 20.3. The maximum Gasteiger partial charge on any atom is 0.253 e. The van der Waals surface area contributed by atoms with Crippen LogP contribution in [0.3, 0.4) is 0 Å². The van der Waals surface area contributed by atoms with Crippen LogP contribution in [0, 0.1) is 5.92 Å². The number of aliphatic hydroxyl groups excluding tert-OH is 1. The van der Waals surface area contributed by atoms with E-state index in [4.69, 9.17) is 0 Å². The quantitative estimate of drug-likeness (QED) is 0.641. The molecule has 5 nitrogen and oxygen atoms in total. The van der Waals surface area contributed by atoms with Gasteiger partial charge in [-0.1, -0.05) is 18.2 Å². The lowest BCUT2D eigenvalue weighted by Crippen LogP contribution is -2.23. The molecule has 0 bridgehead atoms. The number of nitrogens with zero attached hydrogens (tertiary/aromatic N) is 3. The van der Waals surface area contributed by atoms with Gasteiger partial charge in [-0.15, -0.1) is 0 Å². The second-order valence-electron chi connectivity index (χ2n) is 9.51. The van der Waals surface area contributed by atoms with Gasteiger partial charge in [0.25, 0.3) is 5.91 Å². The van der Waals surface area contributed by atoms with E-state index in [1.54, 1.807) is 19.0 Å². The van der Waals surface area contributed by atoms with Gasteiger partial charge in [-0.2, -0.15) is 0 Å². The Balaban J connectivity index is 1.30. The third-order valence-corrected chi connectivity index (χ3v) is 7.21. The van der Waals surface area contributed by atoms with Crippen LogP contribution in [-0.4, -0.2) is 39.4 Å². The van der Waals surface area contributed by atoms with Crippen LogP contribution in [0.25, 0.3) is 5.52 Å². The van der Waals surface area contributed by atoms with Crippen molar-refractivity contribution in [3.05, 3.63) is 71.3 Å². The molecule has 2 saturated carbocycles. The Morgan fingerprint density at radius 1 is 1.00 bits per heavy atom. The summed E-state index contributed by atoms with van der Waals surface area (Å²) in [6.07, 6.45) is 9.88. The maximum atomic E-state index is 12.1. The molecule has 0 radical (unpaired) electrons. The van der Waals surface area contributed by atoms with Crippen molar-refractivity contribution >= 4 is 11.4 Å². The topological polar surface area (TPSA) is 57.8 Å². The predicted octanol–water partition coefficient (Wildman–Crippen LogP) is 4.92. The minimum Gasteiger partial charge on any atom is -0.387 e. The number of rotatable bonds is 5. The summed E-state index contributed by atoms with van der Waals surface area (Å²) in [6.45, 7) is 0. The molecule has 0 saturated heterocycles. The van der Waals surface area contributed by atoms with E-state index in [0.717, 1.165) is 42.5 Å². The third-order valence-electron chi connectivity index (χ3n) is 7.21. The molecule has 162 valence electrons. The first-order valence-corrected chi connectivity index (χ1v) is 11.5. The van der Waals surface area contributed by atoms with Crippen LogP contribution in [0.5, 0.6) is 0 Å². The Bertz CT molecular complexity index is 1070. The van der Waals surface area contributed by atoms with Gasteiger partial charge in [-0.25, -0.2) is 4.98 Å². The van der Waals surface area contributed by atoms with Crippen LogP contribution in [0.2, 0.25) is 0 Å². The van der Waals surface area contributed by atoms with Crippen LogP contribution in [0.1, 0.15) is 83.6 Å². The van der Waals surface area contributed by atoms with E-state index in [9.17, 15) is 9.90 Å². The largest absolute Gasteiger partial charge is 0.387 e. The van der Waals surface area contributed by atoms with E-state index < -0.39 is 6.10 Å². The van der Waals surface area contributed by atoms with Crippen molar-refractivity contribution in [1.29, 1.82) is 0 Å². The monoisotopic (exact) mass is 417 g/mol. The number of fused-ring (bicyclic) bond motifs is 1. The molecule has 1 atom stereocenters. The van der Waals surface area contributed by atoms with Crippen LogP contribution in [0.4, 0.5) is 0 Å². The summed E-state index contributed by atoms with van der Waals surface area (Å²) in [7, 11) is 3.56. The van der Waals surface area contributed by atoms with E-state index in [-0.39, 0.29) is 11.8 Å². The van der Waals surface area contributed by atoms with Crippen LogP contribution >= 0.6 is 0 Å². The number of imidazole rings is 1. The fraction of sp³-hybridized carbons (Fsp3) is 0.462. The molecule has 1 amide bonds. The number of hydrogen-bond donors (Lipinski definition) is 1. The first-order chi connectivity index (χ1) is 15.0. The Labute approximate surface area is 183 Å². The number of hydrogen-bond acceptors (Lipinski definition) is 3. The Hall–Kier alpha value is -2.66. The van der Waals surface area contributed by atoms with Gasteiger partial charge in [0.2, 0.25) is 0 Å². The molecule has 5 rings (SSSR count). The number of aromatic nitrogens is 2. The van der Waals surface area contributed by atoms with Crippen molar-refractivity contribution in [2.75, 3.05) is 14.1 Å². The number of carbonyl (C=O) groups excluding carboxylic acids is 1. The minimum atomic E-state index is -0.450. The van der Waals surface area contributed by atoms with E-state index >= 15 is 0 Å². The Morgan fingerprint density at radius 3 is 2.32 bits per heavy atom. The SMILES string of the molecule is CN(C)C(=O)c1ccc(C2CCC([C@H](O)c3c(C4CC4)ccc4cncn34)CC2)cc1. The Morgan fingerprint density at radius 2 is 1.68 bits per heavy atom. The zero-order valence-electron chi connectivity index (χ0n) is 18.4. The molecule has 2 heterocycles. The zero-order chi connectivity index (χ0) is 21.5. The summed E-state index contributed by atoms with van der Waals surface area (Å²) in [5, 5.41) is 11.4. The highest BCUT2D eigenvalue weighted by Gasteiger charge is 2.34. The summed E-state index contributed by atoms with van der Waals surface area (Å²) in [5.41, 5.74) is 5.46. The van der Waals surface area contributed by atoms with Crippen molar-refractivity contribution in [1.82, 2.24) is 14.3 Å². The first-order valence-electron chi connectivity index (χ1n) is 11.5. The van der Waals surface area contributed by atoms with Crippen LogP contribution in [0.15, 0.2) is 48.9 Å². The molecule has 31 heavy (non-hydrogen) atoms. The van der Waals surface area contributed by atoms with Crippen molar-refractivity contribution in [2.45, 2.75) is 56.5 Å². The highest BCUT2D eigenvalue weighted by atomic mass is 16.3. The summed E-state index contributed by atoms with van der Waals surface area (Å²) in [4.78, 5) is 18.1. The fourth-order valence-electron chi connectivity index (χ4n) is 5.23. The van der Waals surface area contributed by atoms with Gasteiger partial charge in [0.05, 0.1) is 29.8 Å². The van der Waals surface area contributed by atoms with Gasteiger partial charge >= 0.3 is 0 Å². The molecular formula is C26H31N3O2. The average molecular weight is 418 g/mol. The van der Waals surface area contributed by atoms with E-state index in [0.29, 0.717) is 11.8 Å². The molecule has 2 aliphatic rings. The van der Waals surface area contributed by atoms with Crippen LogP contribution in [-0.2, 0) is 0 Å². The molecule has 0 aliphatic heterocycles. The Kier molecular flexibility index (Phi) is 5.30. The standard InChI is InChI=1S/C26H31N3O2/c1-28(2)26(31)21-11-5-18(6-12-21)17-3-9-20(10-4-17)25(30)24-23(19-7-8-19)14-13-22-15-27-16-29(22)24/h5-6,11-17,19-20,25,30H,3-4,7-10H2,1-2H3/t17?,20?,25-/m0/s1. The molecule has 1 aromatic carbocycles. The van der Waals surface area contributed by atoms with Gasteiger partial charge in [-0.3, -0.25) is 4.79 Å². The molecule has 5 heteroatoms. The summed E-state index contributed by atoms with van der Waals surface area (Å²) >= 11 is 0. The number of carbonyl (C=O) groups is 1.